The molecule has 0 atom stereocenters. The zero-order valence-electron chi connectivity index (χ0n) is 8.91. The molecule has 0 aromatic rings. The van der Waals surface area contributed by atoms with Crippen molar-refractivity contribution in [3.05, 3.63) is 0 Å². The number of hydrogen-bond acceptors (Lipinski definition) is 0. The third kappa shape index (κ3) is 2.94. The van der Waals surface area contributed by atoms with Gasteiger partial charge in [-0.3, -0.25) is 0 Å². The van der Waals surface area contributed by atoms with Crippen molar-refractivity contribution in [3.63, 3.8) is 0 Å². The van der Waals surface area contributed by atoms with Crippen LogP contribution in [0, 0.1) is 23.3 Å². The van der Waals surface area contributed by atoms with E-state index in [0.717, 1.165) is 5.54 Å². The first-order chi connectivity index (χ1) is 6.17. The van der Waals surface area contributed by atoms with E-state index in [1.165, 1.54) is 25.7 Å². The predicted molar refractivity (Wildman–Crippen MR) is 60.9 cm³/mol. The molecule has 13 heavy (non-hydrogen) atoms. The summed E-state index contributed by atoms with van der Waals surface area (Å²) in [5.74, 6) is 8.68. The van der Waals surface area contributed by atoms with Crippen LogP contribution in [0.25, 0.3) is 0 Å². The molecule has 1 heteroatoms. The van der Waals surface area contributed by atoms with Crippen molar-refractivity contribution in [2.75, 3.05) is 0 Å². The molecule has 70 valence electrons. The molecule has 0 spiro atoms. The van der Waals surface area contributed by atoms with Gasteiger partial charge in [-0.25, -0.2) is 0 Å². The molecule has 0 N–H and O–H groups in total. The van der Waals surface area contributed by atoms with Crippen LogP contribution in [-0.4, -0.2) is 8.07 Å². The zero-order valence-corrected chi connectivity index (χ0v) is 9.91. The maximum atomic E-state index is 3.42. The number of rotatable bonds is 1. The summed E-state index contributed by atoms with van der Waals surface area (Å²) in [7, 11) is -1.27. The van der Waals surface area contributed by atoms with E-state index in [1.54, 1.807) is 0 Å². The standard InChI is InChI=1S/C12H18Si/c1-4-5-8-11-13(2,3)12-9-6-7-10-12/h12H,6-7,9-10H2,1-3H3. The number of hydrogen-bond donors (Lipinski definition) is 0. The lowest BCUT2D eigenvalue weighted by atomic mass is 10.4. The molecule has 0 aliphatic heterocycles. The Balaban J connectivity index is 2.63. The van der Waals surface area contributed by atoms with E-state index in [-0.39, 0.29) is 0 Å². The monoisotopic (exact) mass is 190 g/mol. The summed E-state index contributed by atoms with van der Waals surface area (Å²) in [6.07, 6.45) is 5.66. The Morgan fingerprint density at radius 1 is 1.08 bits per heavy atom. The fourth-order valence-electron chi connectivity index (χ4n) is 2.00. The van der Waals surface area contributed by atoms with Gasteiger partial charge in [0, 0.05) is 0 Å². The SMILES string of the molecule is CC#CC#C[Si](C)(C)C1CCCC1. The van der Waals surface area contributed by atoms with Crippen molar-refractivity contribution < 1.29 is 0 Å². The highest BCUT2D eigenvalue weighted by Gasteiger charge is 2.32. The molecule has 0 aromatic heterocycles. The Hall–Kier alpha value is -0.663. The van der Waals surface area contributed by atoms with Gasteiger partial charge in [-0.2, -0.15) is 0 Å². The molecule has 0 unspecified atom stereocenters. The minimum Gasteiger partial charge on any atom is -0.118 e. The van der Waals surface area contributed by atoms with Crippen LogP contribution in [-0.2, 0) is 0 Å². The van der Waals surface area contributed by atoms with Gasteiger partial charge in [0.2, 0.25) is 0 Å². The van der Waals surface area contributed by atoms with Gasteiger partial charge in [0.05, 0.1) is 0 Å². The van der Waals surface area contributed by atoms with E-state index in [0.29, 0.717) is 0 Å². The van der Waals surface area contributed by atoms with Gasteiger partial charge in [-0.1, -0.05) is 44.7 Å². The van der Waals surface area contributed by atoms with Gasteiger partial charge in [-0.05, 0) is 24.3 Å². The molecular weight excluding hydrogens is 172 g/mol. The topological polar surface area (TPSA) is 0 Å². The Morgan fingerprint density at radius 2 is 1.69 bits per heavy atom. The summed E-state index contributed by atoms with van der Waals surface area (Å²) >= 11 is 0. The van der Waals surface area contributed by atoms with Gasteiger partial charge < -0.3 is 0 Å². The van der Waals surface area contributed by atoms with E-state index < -0.39 is 8.07 Å². The van der Waals surface area contributed by atoms with E-state index in [4.69, 9.17) is 0 Å². The van der Waals surface area contributed by atoms with E-state index in [9.17, 15) is 0 Å². The lowest BCUT2D eigenvalue weighted by Gasteiger charge is -2.22. The normalized spacial score (nSPS) is 17.2. The van der Waals surface area contributed by atoms with Crippen molar-refractivity contribution in [1.29, 1.82) is 0 Å². The van der Waals surface area contributed by atoms with Crippen LogP contribution in [0.4, 0.5) is 0 Å². The summed E-state index contributed by atoms with van der Waals surface area (Å²) < 4.78 is 0. The molecule has 1 saturated carbocycles. The second kappa shape index (κ2) is 4.54. The quantitative estimate of drug-likeness (QED) is 0.440. The van der Waals surface area contributed by atoms with Crippen molar-refractivity contribution >= 4 is 8.07 Å². The van der Waals surface area contributed by atoms with Crippen LogP contribution in [0.3, 0.4) is 0 Å². The third-order valence-corrected chi connectivity index (χ3v) is 6.34. The maximum Gasteiger partial charge on any atom is 0.136 e. The van der Waals surface area contributed by atoms with Crippen LogP contribution in [0.2, 0.25) is 18.6 Å². The minimum absolute atomic E-state index is 0.929. The molecule has 0 radical (unpaired) electrons. The first-order valence-corrected chi connectivity index (χ1v) is 8.18. The summed E-state index contributed by atoms with van der Waals surface area (Å²) in [4.78, 5) is 0. The van der Waals surface area contributed by atoms with Gasteiger partial charge in [-0.15, -0.1) is 5.54 Å². The molecular formula is C12H18Si. The van der Waals surface area contributed by atoms with Crippen LogP contribution >= 0.6 is 0 Å². The second-order valence-corrected chi connectivity index (χ2v) is 8.84. The summed E-state index contributed by atoms with van der Waals surface area (Å²) in [6.45, 7) is 6.61. The molecule has 0 saturated heterocycles. The van der Waals surface area contributed by atoms with Crippen LogP contribution in [0.1, 0.15) is 32.6 Å². The fourth-order valence-corrected chi connectivity index (χ4v) is 4.44. The Bertz CT molecular complexity index is 274. The average Bonchev–Trinajstić information content (AvgIpc) is 2.56. The molecule has 1 rings (SSSR count). The molecule has 0 nitrogen and oxygen atoms in total. The smallest absolute Gasteiger partial charge is 0.118 e. The fraction of sp³-hybridized carbons (Fsp3) is 0.667. The second-order valence-electron chi connectivity index (χ2n) is 4.33. The van der Waals surface area contributed by atoms with E-state index in [1.807, 2.05) is 6.92 Å². The lowest BCUT2D eigenvalue weighted by molar-refractivity contribution is 0.846. The van der Waals surface area contributed by atoms with Crippen molar-refractivity contribution in [2.45, 2.75) is 51.2 Å². The lowest BCUT2D eigenvalue weighted by Crippen LogP contribution is -2.29. The molecule has 0 aromatic carbocycles. The molecule has 0 heterocycles. The van der Waals surface area contributed by atoms with Gasteiger partial charge in [0.25, 0.3) is 0 Å². The molecule has 0 bridgehead atoms. The van der Waals surface area contributed by atoms with Gasteiger partial charge in [0.1, 0.15) is 8.07 Å². The molecule has 1 aliphatic rings. The Kier molecular flexibility index (Phi) is 3.64. The Labute approximate surface area is 83.1 Å². The maximum absolute atomic E-state index is 3.42. The van der Waals surface area contributed by atoms with E-state index in [2.05, 4.69) is 36.4 Å². The summed E-state index contributed by atoms with van der Waals surface area (Å²) in [5.41, 5.74) is 4.35. The van der Waals surface area contributed by atoms with Crippen LogP contribution in [0.15, 0.2) is 0 Å². The van der Waals surface area contributed by atoms with Gasteiger partial charge >= 0.3 is 0 Å². The molecule has 0 amide bonds. The van der Waals surface area contributed by atoms with Crippen LogP contribution < -0.4 is 0 Å². The predicted octanol–water partition coefficient (Wildman–Crippen LogP) is 3.20. The van der Waals surface area contributed by atoms with E-state index >= 15 is 0 Å². The highest BCUT2D eigenvalue weighted by Crippen LogP contribution is 2.37. The Morgan fingerprint density at radius 3 is 2.23 bits per heavy atom. The zero-order chi connectivity index (χ0) is 9.73. The highest BCUT2D eigenvalue weighted by atomic mass is 28.3. The average molecular weight is 190 g/mol. The first kappa shape index (κ1) is 10.4. The van der Waals surface area contributed by atoms with Crippen LogP contribution in [0.5, 0.6) is 0 Å². The van der Waals surface area contributed by atoms with Gasteiger partial charge in [0.15, 0.2) is 0 Å². The highest BCUT2D eigenvalue weighted by molar-refractivity contribution is 6.86. The first-order valence-electron chi connectivity index (χ1n) is 5.11. The molecule has 1 fully saturated rings. The third-order valence-electron chi connectivity index (χ3n) is 2.95. The van der Waals surface area contributed by atoms with Crippen molar-refractivity contribution in [2.24, 2.45) is 0 Å². The van der Waals surface area contributed by atoms with Crippen molar-refractivity contribution in [3.8, 4) is 23.3 Å². The molecule has 1 aliphatic carbocycles. The largest absolute Gasteiger partial charge is 0.136 e. The summed E-state index contributed by atoms with van der Waals surface area (Å²) in [6, 6.07) is 0. The summed E-state index contributed by atoms with van der Waals surface area (Å²) in [5, 5.41) is 0. The van der Waals surface area contributed by atoms with Crippen molar-refractivity contribution in [1.82, 2.24) is 0 Å². The minimum atomic E-state index is -1.27.